The van der Waals surface area contributed by atoms with Crippen molar-refractivity contribution in [3.63, 3.8) is 0 Å². The van der Waals surface area contributed by atoms with Crippen LogP contribution in [0.3, 0.4) is 0 Å². The number of rotatable bonds is 2. The molecule has 0 aliphatic carbocycles. The van der Waals surface area contributed by atoms with E-state index < -0.39 is 0 Å². The minimum Gasteiger partial charge on any atom is -0.0847 e. The maximum absolute atomic E-state index is 2.16. The fourth-order valence-corrected chi connectivity index (χ4v) is 0.400. The highest BCUT2D eigenvalue weighted by Crippen LogP contribution is 1.93. The summed E-state index contributed by atoms with van der Waals surface area (Å²) in [4.78, 5) is 0. The van der Waals surface area contributed by atoms with Crippen LogP contribution in [0.25, 0.3) is 0 Å². The van der Waals surface area contributed by atoms with Crippen molar-refractivity contribution >= 4 is 0 Å². The minimum absolute atomic E-state index is 1.13. The van der Waals surface area contributed by atoms with Crippen molar-refractivity contribution in [3.05, 3.63) is 23.8 Å². The van der Waals surface area contributed by atoms with Crippen LogP contribution < -0.4 is 0 Å². The van der Waals surface area contributed by atoms with Crippen LogP contribution in [0.4, 0.5) is 0 Å². The van der Waals surface area contributed by atoms with Crippen LogP contribution in [0, 0.1) is 0 Å². The van der Waals surface area contributed by atoms with Crippen LogP contribution in [-0.4, -0.2) is 0 Å². The fraction of sp³-hybridized carbons (Fsp3) is 0.600. The van der Waals surface area contributed by atoms with Gasteiger partial charge < -0.3 is 0 Å². The summed E-state index contributed by atoms with van der Waals surface area (Å²) in [7, 11) is 0. The molecular weight excluding hydrogens is 120 g/mol. The van der Waals surface area contributed by atoms with Crippen LogP contribution in [0.2, 0.25) is 0 Å². The molecule has 0 N–H and O–H groups in total. The number of hydrogen-bond donors (Lipinski definition) is 0. The van der Waals surface area contributed by atoms with Crippen LogP contribution in [-0.2, 0) is 0 Å². The lowest BCUT2D eigenvalue weighted by Crippen LogP contribution is -1.62. The van der Waals surface area contributed by atoms with E-state index in [1.807, 2.05) is 13.8 Å². The van der Waals surface area contributed by atoms with E-state index in [0.717, 1.165) is 6.42 Å². The van der Waals surface area contributed by atoms with E-state index >= 15 is 0 Å². The zero-order chi connectivity index (χ0) is 8.41. The van der Waals surface area contributed by atoms with Crippen LogP contribution >= 0.6 is 0 Å². The predicted octanol–water partition coefficient (Wildman–Crippen LogP) is 3.95. The van der Waals surface area contributed by atoms with E-state index in [1.165, 1.54) is 5.57 Å². The van der Waals surface area contributed by atoms with Gasteiger partial charge in [-0.3, -0.25) is 0 Å². The van der Waals surface area contributed by atoms with Gasteiger partial charge in [0.15, 0.2) is 0 Å². The molecule has 0 spiro atoms. The molecule has 0 rings (SSSR count). The average Bonchev–Trinajstić information content (AvgIpc) is 2.04. The van der Waals surface area contributed by atoms with Crippen molar-refractivity contribution in [3.8, 4) is 0 Å². The highest BCUT2D eigenvalue weighted by atomic mass is 13.8. The van der Waals surface area contributed by atoms with Crippen molar-refractivity contribution in [2.75, 3.05) is 0 Å². The molecule has 0 amide bonds. The SMILES string of the molecule is C/C=C(C)\C=C/CC.CC. The molecular formula is C10H20. The monoisotopic (exact) mass is 140 g/mol. The molecule has 0 aromatic carbocycles. The maximum atomic E-state index is 2.16. The first-order valence-electron chi connectivity index (χ1n) is 4.10. The molecule has 0 aliphatic rings. The molecule has 0 heterocycles. The molecule has 0 nitrogen and oxygen atoms in total. The summed E-state index contributed by atoms with van der Waals surface area (Å²) in [5.74, 6) is 0. The molecule has 0 radical (unpaired) electrons. The minimum atomic E-state index is 1.13. The predicted molar refractivity (Wildman–Crippen MR) is 50.2 cm³/mol. The van der Waals surface area contributed by atoms with Crippen LogP contribution in [0.1, 0.15) is 41.0 Å². The van der Waals surface area contributed by atoms with E-state index in [2.05, 4.69) is 39.0 Å². The highest BCUT2D eigenvalue weighted by molar-refractivity contribution is 5.14. The largest absolute Gasteiger partial charge is 0.0847 e. The zero-order valence-corrected chi connectivity index (χ0v) is 7.94. The first kappa shape index (κ1) is 12.2. The van der Waals surface area contributed by atoms with E-state index in [-0.39, 0.29) is 0 Å². The Bertz CT molecular complexity index is 96.6. The van der Waals surface area contributed by atoms with Gasteiger partial charge >= 0.3 is 0 Å². The van der Waals surface area contributed by atoms with Crippen LogP contribution in [0.5, 0.6) is 0 Å². The molecule has 0 aromatic heterocycles. The third-order valence-corrected chi connectivity index (χ3v) is 1.07. The van der Waals surface area contributed by atoms with Gasteiger partial charge in [-0.15, -0.1) is 0 Å². The lowest BCUT2D eigenvalue weighted by molar-refractivity contribution is 1.22. The Hall–Kier alpha value is -0.520. The topological polar surface area (TPSA) is 0 Å². The average molecular weight is 140 g/mol. The lowest BCUT2D eigenvalue weighted by Gasteiger charge is -1.84. The summed E-state index contributed by atoms with van der Waals surface area (Å²) in [5.41, 5.74) is 1.34. The van der Waals surface area contributed by atoms with Gasteiger partial charge in [0.1, 0.15) is 0 Å². The quantitative estimate of drug-likeness (QED) is 0.509. The molecule has 0 saturated heterocycles. The molecule has 0 aliphatic heterocycles. The summed E-state index contributed by atoms with van der Waals surface area (Å²) in [6.45, 7) is 10.3. The smallest absolute Gasteiger partial charge is 0.0376 e. The summed E-state index contributed by atoms with van der Waals surface area (Å²) in [6.07, 6.45) is 7.53. The Labute approximate surface area is 65.7 Å². The van der Waals surface area contributed by atoms with Gasteiger partial charge in [0.05, 0.1) is 0 Å². The first-order chi connectivity index (χ1) is 4.81. The maximum Gasteiger partial charge on any atom is -0.0376 e. The Morgan fingerprint density at radius 3 is 2.10 bits per heavy atom. The molecule has 10 heavy (non-hydrogen) atoms. The van der Waals surface area contributed by atoms with E-state index in [9.17, 15) is 0 Å². The zero-order valence-electron chi connectivity index (χ0n) is 7.94. The van der Waals surface area contributed by atoms with Gasteiger partial charge in [0.2, 0.25) is 0 Å². The first-order valence-corrected chi connectivity index (χ1v) is 4.10. The van der Waals surface area contributed by atoms with Crippen molar-refractivity contribution in [1.82, 2.24) is 0 Å². The molecule has 0 atom stereocenters. The molecule has 0 unspecified atom stereocenters. The Morgan fingerprint density at radius 1 is 1.30 bits per heavy atom. The van der Waals surface area contributed by atoms with Gasteiger partial charge in [-0.05, 0) is 20.3 Å². The van der Waals surface area contributed by atoms with Crippen molar-refractivity contribution in [2.45, 2.75) is 41.0 Å². The normalized spacial score (nSPS) is 11.1. The van der Waals surface area contributed by atoms with Gasteiger partial charge in [-0.2, -0.15) is 0 Å². The van der Waals surface area contributed by atoms with Gasteiger partial charge in [0.25, 0.3) is 0 Å². The van der Waals surface area contributed by atoms with Crippen molar-refractivity contribution in [1.29, 1.82) is 0 Å². The van der Waals surface area contributed by atoms with Crippen molar-refractivity contribution in [2.24, 2.45) is 0 Å². The summed E-state index contributed by atoms with van der Waals surface area (Å²) in [5, 5.41) is 0. The Kier molecular flexibility index (Phi) is 13.8. The molecule has 0 saturated carbocycles. The third-order valence-electron chi connectivity index (χ3n) is 1.07. The van der Waals surface area contributed by atoms with E-state index in [0.29, 0.717) is 0 Å². The Balaban J connectivity index is 0. The van der Waals surface area contributed by atoms with E-state index in [1.54, 1.807) is 0 Å². The van der Waals surface area contributed by atoms with E-state index in [4.69, 9.17) is 0 Å². The Morgan fingerprint density at radius 2 is 1.80 bits per heavy atom. The third kappa shape index (κ3) is 10.5. The fourth-order valence-electron chi connectivity index (χ4n) is 0.400. The molecule has 0 aromatic rings. The van der Waals surface area contributed by atoms with Gasteiger partial charge in [-0.25, -0.2) is 0 Å². The molecule has 0 fully saturated rings. The highest BCUT2D eigenvalue weighted by Gasteiger charge is 1.72. The second kappa shape index (κ2) is 11.3. The summed E-state index contributed by atoms with van der Waals surface area (Å²) < 4.78 is 0. The molecule has 0 heteroatoms. The standard InChI is InChI=1S/C8H14.C2H6/c1-4-6-7-8(3)5-2;1-2/h5-7H,4H2,1-3H3;1-2H3/b7-6-,8-5-;. The van der Waals surface area contributed by atoms with Crippen molar-refractivity contribution < 1.29 is 0 Å². The summed E-state index contributed by atoms with van der Waals surface area (Å²) >= 11 is 0. The molecule has 60 valence electrons. The van der Waals surface area contributed by atoms with Gasteiger partial charge in [-0.1, -0.05) is 44.6 Å². The van der Waals surface area contributed by atoms with Crippen LogP contribution in [0.15, 0.2) is 23.8 Å². The van der Waals surface area contributed by atoms with Gasteiger partial charge in [0, 0.05) is 0 Å². The molecule has 0 bridgehead atoms. The second-order valence-corrected chi connectivity index (χ2v) is 1.84. The number of hydrogen-bond acceptors (Lipinski definition) is 0. The number of allylic oxidation sites excluding steroid dienone is 4. The summed E-state index contributed by atoms with van der Waals surface area (Å²) in [6, 6.07) is 0. The lowest BCUT2D eigenvalue weighted by atomic mass is 10.2. The second-order valence-electron chi connectivity index (χ2n) is 1.84.